The van der Waals surface area contributed by atoms with Crippen molar-refractivity contribution in [3.05, 3.63) is 107 Å². The molecule has 2 heterocycles. The van der Waals surface area contributed by atoms with Gasteiger partial charge in [-0.25, -0.2) is 19.2 Å². The van der Waals surface area contributed by atoms with Gasteiger partial charge in [0.05, 0.1) is 19.5 Å². The Bertz CT molecular complexity index is 1410. The summed E-state index contributed by atoms with van der Waals surface area (Å²) >= 11 is 0. The molecule has 2 aliphatic heterocycles. The fourth-order valence-electron chi connectivity index (χ4n) is 5.32. The molecule has 0 saturated carbocycles. The summed E-state index contributed by atoms with van der Waals surface area (Å²) in [6, 6.07) is 22.9. The van der Waals surface area contributed by atoms with Gasteiger partial charge in [-0.05, 0) is 28.8 Å². The lowest BCUT2D eigenvalue weighted by molar-refractivity contribution is -0.193. The maximum absolute atomic E-state index is 13.8. The minimum Gasteiger partial charge on any atom is -0.370 e. The van der Waals surface area contributed by atoms with E-state index in [0.29, 0.717) is 5.56 Å². The molecule has 5 rings (SSSR count). The molecule has 5 amide bonds. The third-order valence-electron chi connectivity index (χ3n) is 7.21. The Morgan fingerprint density at radius 2 is 1.46 bits per heavy atom. The highest BCUT2D eigenvalue weighted by atomic mass is 19.1. The third-order valence-corrected chi connectivity index (χ3v) is 7.21. The maximum atomic E-state index is 13.8. The molecule has 0 spiro atoms. The van der Waals surface area contributed by atoms with Crippen LogP contribution in [-0.4, -0.2) is 68.9 Å². The van der Waals surface area contributed by atoms with Gasteiger partial charge in [-0.15, -0.1) is 0 Å². The summed E-state index contributed by atoms with van der Waals surface area (Å²) in [5.41, 5.74) is 7.95. The van der Waals surface area contributed by atoms with Crippen LogP contribution in [0.15, 0.2) is 84.9 Å². The number of carbonyl (C=O) groups excluding carboxylic acids is 4. The average molecular weight is 559 g/mol. The molecule has 2 saturated heterocycles. The molecule has 2 fully saturated rings. The van der Waals surface area contributed by atoms with Crippen LogP contribution in [0.5, 0.6) is 0 Å². The molecular weight excluding hydrogens is 527 g/mol. The predicted molar refractivity (Wildman–Crippen MR) is 147 cm³/mol. The van der Waals surface area contributed by atoms with E-state index < -0.39 is 41.8 Å². The Hall–Kier alpha value is -4.77. The van der Waals surface area contributed by atoms with Gasteiger partial charge in [0.2, 0.25) is 17.7 Å². The largest absolute Gasteiger partial charge is 0.370 e. The van der Waals surface area contributed by atoms with E-state index in [1.54, 1.807) is 22.0 Å². The van der Waals surface area contributed by atoms with Crippen LogP contribution in [0.3, 0.4) is 0 Å². The van der Waals surface area contributed by atoms with Crippen molar-refractivity contribution in [2.24, 2.45) is 5.73 Å². The van der Waals surface area contributed by atoms with Gasteiger partial charge in [-0.2, -0.15) is 0 Å². The highest BCUT2D eigenvalue weighted by molar-refractivity contribution is 5.94. The predicted octanol–water partition coefficient (Wildman–Crippen LogP) is 2.21. The van der Waals surface area contributed by atoms with Crippen molar-refractivity contribution >= 4 is 23.8 Å². The average Bonchev–Trinajstić information content (AvgIpc) is 2.96. The van der Waals surface area contributed by atoms with E-state index in [2.05, 4.69) is 5.32 Å². The number of nitrogens with zero attached hydrogens (tertiary/aromatic N) is 4. The molecule has 0 radical (unpaired) electrons. The molecule has 41 heavy (non-hydrogen) atoms. The minimum absolute atomic E-state index is 0.0212. The number of hydrogen-bond donors (Lipinski definition) is 2. The lowest BCUT2D eigenvalue weighted by atomic mass is 10.0. The minimum atomic E-state index is -1.15. The van der Waals surface area contributed by atoms with E-state index >= 15 is 0 Å². The van der Waals surface area contributed by atoms with Crippen molar-refractivity contribution in [3.8, 4) is 0 Å². The number of urea groups is 1. The highest BCUT2D eigenvalue weighted by Gasteiger charge is 2.51. The van der Waals surface area contributed by atoms with Crippen molar-refractivity contribution < 1.29 is 23.6 Å². The van der Waals surface area contributed by atoms with Crippen LogP contribution in [-0.2, 0) is 34.0 Å². The molecule has 3 aromatic rings. The quantitative estimate of drug-likeness (QED) is 0.440. The summed E-state index contributed by atoms with van der Waals surface area (Å²) in [7, 11) is 0. The summed E-state index contributed by atoms with van der Waals surface area (Å²) in [5, 5.41) is 5.95. The molecule has 3 N–H and O–H groups in total. The molecule has 0 aliphatic carbocycles. The molecule has 2 atom stereocenters. The Morgan fingerprint density at radius 1 is 0.854 bits per heavy atom. The van der Waals surface area contributed by atoms with Crippen molar-refractivity contribution in [1.82, 2.24) is 25.1 Å². The number of carbonyl (C=O) groups is 4. The Morgan fingerprint density at radius 3 is 2.10 bits per heavy atom. The first-order chi connectivity index (χ1) is 19.8. The van der Waals surface area contributed by atoms with Gasteiger partial charge in [0.1, 0.15) is 18.0 Å². The lowest BCUT2D eigenvalue weighted by Gasteiger charge is -2.55. The van der Waals surface area contributed by atoms with Crippen LogP contribution in [0, 0.1) is 5.82 Å². The number of nitrogens with one attached hydrogen (secondary N) is 1. The van der Waals surface area contributed by atoms with Crippen LogP contribution in [0.25, 0.3) is 0 Å². The maximum Gasteiger partial charge on any atom is 0.334 e. The van der Waals surface area contributed by atoms with Gasteiger partial charge in [-0.1, -0.05) is 72.8 Å². The second-order valence-corrected chi connectivity index (χ2v) is 10.1. The number of nitrogens with two attached hydrogens (primary N) is 1. The molecule has 2 aliphatic rings. The number of piperazine rings is 1. The van der Waals surface area contributed by atoms with E-state index in [-0.39, 0.29) is 39.1 Å². The summed E-state index contributed by atoms with van der Waals surface area (Å²) < 4.78 is 13.6. The number of rotatable bonds is 8. The van der Waals surface area contributed by atoms with Crippen molar-refractivity contribution in [3.63, 3.8) is 0 Å². The van der Waals surface area contributed by atoms with Crippen LogP contribution in [0.1, 0.15) is 23.1 Å². The topological polar surface area (TPSA) is 119 Å². The normalized spacial score (nSPS) is 19.2. The number of hydrazine groups is 1. The number of fused-ring (bicyclic) bond motifs is 1. The Kier molecular flexibility index (Phi) is 8.25. The summed E-state index contributed by atoms with van der Waals surface area (Å²) in [4.78, 5) is 55.9. The second-order valence-electron chi connectivity index (χ2n) is 10.1. The zero-order valence-electron chi connectivity index (χ0n) is 22.4. The SMILES string of the molecule is NC(=O)C[C@H]1C(=O)N(Cc2ccccc2)C[C@H]2N1C(=O)CN(Cc1ccc(F)cc1)N2C(=O)NCc1ccccc1. The first-order valence-electron chi connectivity index (χ1n) is 13.3. The zero-order chi connectivity index (χ0) is 28.9. The number of hydrogen-bond acceptors (Lipinski definition) is 5. The summed E-state index contributed by atoms with van der Waals surface area (Å²) in [6.07, 6.45) is -1.28. The van der Waals surface area contributed by atoms with Crippen molar-refractivity contribution in [2.75, 3.05) is 13.1 Å². The number of benzene rings is 3. The van der Waals surface area contributed by atoms with Crippen LogP contribution in [0.2, 0.25) is 0 Å². The molecular formula is C30H31FN6O4. The van der Waals surface area contributed by atoms with Crippen LogP contribution < -0.4 is 11.1 Å². The fraction of sp³-hybridized carbons (Fsp3) is 0.267. The molecule has 212 valence electrons. The third kappa shape index (κ3) is 6.36. The zero-order valence-corrected chi connectivity index (χ0v) is 22.4. The lowest BCUT2D eigenvalue weighted by Crippen LogP contribution is -2.76. The van der Waals surface area contributed by atoms with E-state index in [1.165, 1.54) is 22.0 Å². The standard InChI is InChI=1S/C30H31FN6O4/c31-24-13-11-23(12-14-24)18-35-20-28(39)36-25(15-26(32)38)29(40)34(17-22-9-5-2-6-10-22)19-27(36)37(35)30(41)33-16-21-7-3-1-4-8-21/h1-14,25,27H,15-20H2,(H2,32,38)(H,33,41)/t25-,27-/m0/s1. The number of amides is 5. The molecule has 0 bridgehead atoms. The van der Waals surface area contributed by atoms with Gasteiger partial charge in [-0.3, -0.25) is 14.4 Å². The van der Waals surface area contributed by atoms with Gasteiger partial charge < -0.3 is 20.9 Å². The molecule has 3 aromatic carbocycles. The first-order valence-corrected chi connectivity index (χ1v) is 13.3. The molecule has 0 unspecified atom stereocenters. The smallest absolute Gasteiger partial charge is 0.334 e. The number of halogens is 1. The molecule has 11 heteroatoms. The van der Waals surface area contributed by atoms with Gasteiger partial charge in [0.15, 0.2) is 0 Å². The van der Waals surface area contributed by atoms with E-state index in [9.17, 15) is 23.6 Å². The fourth-order valence-corrected chi connectivity index (χ4v) is 5.32. The van der Waals surface area contributed by atoms with E-state index in [0.717, 1.165) is 11.1 Å². The molecule has 0 aromatic heterocycles. The highest BCUT2D eigenvalue weighted by Crippen LogP contribution is 2.29. The van der Waals surface area contributed by atoms with Gasteiger partial charge >= 0.3 is 6.03 Å². The van der Waals surface area contributed by atoms with Crippen molar-refractivity contribution in [1.29, 1.82) is 0 Å². The van der Waals surface area contributed by atoms with Crippen LogP contribution in [0.4, 0.5) is 9.18 Å². The number of primary amides is 1. The first kappa shape index (κ1) is 27.8. The summed E-state index contributed by atoms with van der Waals surface area (Å²) in [5.74, 6) is -1.95. The second kappa shape index (κ2) is 12.2. The van der Waals surface area contributed by atoms with Crippen LogP contribution >= 0.6 is 0 Å². The van der Waals surface area contributed by atoms with Gasteiger partial charge in [0, 0.05) is 19.6 Å². The molecule has 10 nitrogen and oxygen atoms in total. The Labute approximate surface area is 237 Å². The van der Waals surface area contributed by atoms with E-state index in [4.69, 9.17) is 5.73 Å². The monoisotopic (exact) mass is 558 g/mol. The van der Waals surface area contributed by atoms with Crippen molar-refractivity contribution in [2.45, 2.75) is 38.3 Å². The Balaban J connectivity index is 1.49. The van der Waals surface area contributed by atoms with E-state index in [1.807, 2.05) is 60.7 Å². The van der Waals surface area contributed by atoms with Gasteiger partial charge in [0.25, 0.3) is 0 Å². The summed E-state index contributed by atoms with van der Waals surface area (Å²) in [6.45, 7) is 0.396.